The molecule has 174 valence electrons. The third-order valence-corrected chi connectivity index (χ3v) is 6.85. The molecule has 6 heteroatoms. The topological polar surface area (TPSA) is 64.0 Å². The fourth-order valence-corrected chi connectivity index (χ4v) is 5.00. The summed E-state index contributed by atoms with van der Waals surface area (Å²) in [6.45, 7) is 5.05. The number of fused-ring (bicyclic) bond motifs is 1. The molecular weight excluding hydrogens is 442 g/mol. The number of carbonyl (C=O) groups excluding carboxylic acids is 1. The average Bonchev–Trinajstić information content (AvgIpc) is 2.84. The molecule has 0 aliphatic heterocycles. The van der Waals surface area contributed by atoms with E-state index in [1.165, 1.54) is 34.0 Å². The SMILES string of the molecule is Cc1ccc(CSc2nc3ccccc3c(=O)n2CCC(=O)NCCc2ccccc2)c(C)c1. The summed E-state index contributed by atoms with van der Waals surface area (Å²) in [6, 6.07) is 23.8. The van der Waals surface area contributed by atoms with Gasteiger partial charge in [-0.2, -0.15) is 0 Å². The van der Waals surface area contributed by atoms with E-state index >= 15 is 0 Å². The van der Waals surface area contributed by atoms with Crippen molar-refractivity contribution in [1.82, 2.24) is 14.9 Å². The van der Waals surface area contributed by atoms with Crippen molar-refractivity contribution < 1.29 is 4.79 Å². The van der Waals surface area contributed by atoms with Crippen LogP contribution in [0.4, 0.5) is 0 Å². The molecule has 0 aliphatic carbocycles. The van der Waals surface area contributed by atoms with Crippen molar-refractivity contribution in [3.8, 4) is 0 Å². The van der Waals surface area contributed by atoms with Crippen LogP contribution in [0, 0.1) is 13.8 Å². The van der Waals surface area contributed by atoms with E-state index in [9.17, 15) is 9.59 Å². The summed E-state index contributed by atoms with van der Waals surface area (Å²) in [6.07, 6.45) is 1.01. The molecule has 0 spiro atoms. The third kappa shape index (κ3) is 5.94. The molecule has 0 unspecified atom stereocenters. The van der Waals surface area contributed by atoms with Crippen LogP contribution in [0.2, 0.25) is 0 Å². The molecule has 34 heavy (non-hydrogen) atoms. The van der Waals surface area contributed by atoms with Crippen LogP contribution in [-0.4, -0.2) is 22.0 Å². The average molecular weight is 472 g/mol. The molecule has 0 fully saturated rings. The Kier molecular flexibility index (Phi) is 7.80. The second kappa shape index (κ2) is 11.2. The molecule has 1 aromatic heterocycles. The highest BCUT2D eigenvalue weighted by atomic mass is 32.2. The van der Waals surface area contributed by atoms with Crippen molar-refractivity contribution in [3.63, 3.8) is 0 Å². The van der Waals surface area contributed by atoms with Gasteiger partial charge in [0.05, 0.1) is 10.9 Å². The molecule has 0 atom stereocenters. The molecular formula is C28H29N3O2S. The van der Waals surface area contributed by atoms with Gasteiger partial charge in [0.1, 0.15) is 0 Å². The summed E-state index contributed by atoms with van der Waals surface area (Å²) in [5.74, 6) is 0.640. The number of nitrogens with zero attached hydrogens (tertiary/aromatic N) is 2. The first-order valence-electron chi connectivity index (χ1n) is 11.5. The van der Waals surface area contributed by atoms with Crippen LogP contribution in [0.1, 0.15) is 28.7 Å². The molecule has 1 heterocycles. The Morgan fingerprint density at radius 2 is 1.76 bits per heavy atom. The monoisotopic (exact) mass is 471 g/mol. The van der Waals surface area contributed by atoms with Gasteiger partial charge in [0.15, 0.2) is 5.16 Å². The van der Waals surface area contributed by atoms with Crippen molar-refractivity contribution >= 4 is 28.6 Å². The molecule has 4 rings (SSSR count). The van der Waals surface area contributed by atoms with E-state index in [-0.39, 0.29) is 17.9 Å². The van der Waals surface area contributed by atoms with Crippen molar-refractivity contribution in [1.29, 1.82) is 0 Å². The normalized spacial score (nSPS) is 11.0. The lowest BCUT2D eigenvalue weighted by molar-refractivity contribution is -0.121. The number of carbonyl (C=O) groups is 1. The van der Waals surface area contributed by atoms with Crippen LogP contribution in [0.25, 0.3) is 10.9 Å². The number of para-hydroxylation sites is 1. The van der Waals surface area contributed by atoms with E-state index in [1.54, 1.807) is 10.6 Å². The van der Waals surface area contributed by atoms with Crippen molar-refractivity contribution in [2.75, 3.05) is 6.54 Å². The third-order valence-electron chi connectivity index (χ3n) is 5.82. The molecule has 0 saturated heterocycles. The molecule has 0 radical (unpaired) electrons. The number of nitrogens with one attached hydrogen (secondary N) is 1. The second-order valence-corrected chi connectivity index (χ2v) is 9.36. The first-order chi connectivity index (χ1) is 16.5. The highest BCUT2D eigenvalue weighted by Gasteiger charge is 2.14. The fraction of sp³-hybridized carbons (Fsp3) is 0.250. The summed E-state index contributed by atoms with van der Waals surface area (Å²) in [5.41, 5.74) is 5.42. The van der Waals surface area contributed by atoms with Gasteiger partial charge in [-0.15, -0.1) is 0 Å². The van der Waals surface area contributed by atoms with E-state index in [0.29, 0.717) is 34.9 Å². The largest absolute Gasteiger partial charge is 0.356 e. The minimum Gasteiger partial charge on any atom is -0.356 e. The van der Waals surface area contributed by atoms with E-state index in [4.69, 9.17) is 4.98 Å². The summed E-state index contributed by atoms with van der Waals surface area (Å²) < 4.78 is 1.65. The maximum absolute atomic E-state index is 13.3. The minimum absolute atomic E-state index is 0.0682. The number of amides is 1. The van der Waals surface area contributed by atoms with Crippen LogP contribution in [-0.2, 0) is 23.5 Å². The van der Waals surface area contributed by atoms with Gasteiger partial charge in [0.25, 0.3) is 5.56 Å². The second-order valence-electron chi connectivity index (χ2n) is 8.42. The number of aromatic nitrogens is 2. The number of hydrogen-bond donors (Lipinski definition) is 1. The summed E-state index contributed by atoms with van der Waals surface area (Å²) in [5, 5.41) is 4.18. The smallest absolute Gasteiger partial charge is 0.262 e. The molecule has 1 amide bonds. The van der Waals surface area contributed by atoms with E-state index in [2.05, 4.69) is 37.4 Å². The lowest BCUT2D eigenvalue weighted by atomic mass is 10.1. The maximum Gasteiger partial charge on any atom is 0.262 e. The van der Waals surface area contributed by atoms with Crippen molar-refractivity contribution in [2.45, 2.75) is 44.1 Å². The summed E-state index contributed by atoms with van der Waals surface area (Å²) >= 11 is 1.54. The Bertz CT molecular complexity index is 1350. The summed E-state index contributed by atoms with van der Waals surface area (Å²) in [4.78, 5) is 30.5. The highest BCUT2D eigenvalue weighted by molar-refractivity contribution is 7.98. The number of benzene rings is 3. The first-order valence-corrected chi connectivity index (χ1v) is 12.5. The van der Waals surface area contributed by atoms with Gasteiger partial charge in [-0.3, -0.25) is 14.2 Å². The summed E-state index contributed by atoms with van der Waals surface area (Å²) in [7, 11) is 0. The van der Waals surface area contributed by atoms with Crippen LogP contribution >= 0.6 is 11.8 Å². The Balaban J connectivity index is 1.47. The van der Waals surface area contributed by atoms with Crippen molar-refractivity contribution in [2.24, 2.45) is 0 Å². The Hall–Kier alpha value is -3.38. The zero-order chi connectivity index (χ0) is 23.9. The van der Waals surface area contributed by atoms with E-state index in [0.717, 1.165) is 6.42 Å². The molecule has 1 N–H and O–H groups in total. The predicted octanol–water partition coefficient (Wildman–Crippen LogP) is 5.05. The Morgan fingerprint density at radius 1 is 1.00 bits per heavy atom. The van der Waals surface area contributed by atoms with E-state index in [1.807, 2.05) is 48.5 Å². The lowest BCUT2D eigenvalue weighted by Gasteiger charge is -2.14. The number of hydrogen-bond acceptors (Lipinski definition) is 4. The minimum atomic E-state index is -0.106. The first kappa shape index (κ1) is 23.8. The van der Waals surface area contributed by atoms with Gasteiger partial charge in [0.2, 0.25) is 5.91 Å². The van der Waals surface area contributed by atoms with Gasteiger partial charge in [-0.1, -0.05) is 78.0 Å². The Labute approximate surface area is 204 Å². The molecule has 0 bridgehead atoms. The van der Waals surface area contributed by atoms with Crippen LogP contribution in [0.5, 0.6) is 0 Å². The zero-order valence-corrected chi connectivity index (χ0v) is 20.4. The molecule has 5 nitrogen and oxygen atoms in total. The van der Waals surface area contributed by atoms with Gasteiger partial charge >= 0.3 is 0 Å². The number of thioether (sulfide) groups is 1. The number of rotatable bonds is 9. The maximum atomic E-state index is 13.3. The van der Waals surface area contributed by atoms with Crippen LogP contribution < -0.4 is 10.9 Å². The van der Waals surface area contributed by atoms with Gasteiger partial charge in [0, 0.05) is 25.3 Å². The number of aryl methyl sites for hydroxylation is 2. The van der Waals surface area contributed by atoms with Crippen LogP contribution in [0.3, 0.4) is 0 Å². The van der Waals surface area contributed by atoms with Gasteiger partial charge in [-0.05, 0) is 49.1 Å². The molecule has 0 saturated carbocycles. The molecule has 4 aromatic rings. The zero-order valence-electron chi connectivity index (χ0n) is 19.6. The van der Waals surface area contributed by atoms with Crippen molar-refractivity contribution in [3.05, 3.63) is 105 Å². The molecule has 0 aliphatic rings. The van der Waals surface area contributed by atoms with Gasteiger partial charge in [-0.25, -0.2) is 4.98 Å². The van der Waals surface area contributed by atoms with E-state index < -0.39 is 0 Å². The predicted molar refractivity (Wildman–Crippen MR) is 139 cm³/mol. The fourth-order valence-electron chi connectivity index (χ4n) is 3.90. The Morgan fingerprint density at radius 3 is 2.56 bits per heavy atom. The quantitative estimate of drug-likeness (QED) is 0.274. The van der Waals surface area contributed by atoms with Crippen LogP contribution in [0.15, 0.2) is 82.7 Å². The molecule has 3 aromatic carbocycles. The standard InChI is InChI=1S/C28H29N3O2S/c1-20-12-13-23(21(2)18-20)19-34-28-30-25-11-7-6-10-24(25)27(33)31(28)17-15-26(32)29-16-14-22-8-4-3-5-9-22/h3-13,18H,14-17,19H2,1-2H3,(H,29,32). The lowest BCUT2D eigenvalue weighted by Crippen LogP contribution is -2.30. The highest BCUT2D eigenvalue weighted by Crippen LogP contribution is 2.24. The van der Waals surface area contributed by atoms with Gasteiger partial charge < -0.3 is 5.32 Å².